The van der Waals surface area contributed by atoms with Crippen LogP contribution in [0.5, 0.6) is 0 Å². The summed E-state index contributed by atoms with van der Waals surface area (Å²) in [5, 5.41) is 14.9. The standard InChI is InChI=1S/C30H30F2N6O3S/c1-15(23-9-17(13-42-23)26(34)35)37-28(41)22-10-29(14-33)11-24(29)38(22)25(39)12-36-27(40)16-6-7-21-19(8-16)18-4-2-3-5-20(18)30(21,31)32/h2-9,13,15,22,24H,10-12,14,33H2,1H3,(H3,34,35)(H,36,40)(H,37,41)/t15-,22+,24+,29-/m1/s1. The number of hydrogen-bond acceptors (Lipinski definition) is 6. The molecule has 12 heteroatoms. The van der Waals surface area contributed by atoms with E-state index in [9.17, 15) is 23.2 Å². The van der Waals surface area contributed by atoms with Crippen LogP contribution < -0.4 is 22.1 Å². The highest BCUT2D eigenvalue weighted by atomic mass is 32.1. The average Bonchev–Trinajstić information content (AvgIpc) is 3.27. The van der Waals surface area contributed by atoms with Gasteiger partial charge in [-0.2, -0.15) is 8.78 Å². The first kappa shape index (κ1) is 28.0. The molecule has 2 aliphatic carbocycles. The number of carbonyl (C=O) groups is 3. The molecule has 7 N–H and O–H groups in total. The Morgan fingerprint density at radius 3 is 2.55 bits per heavy atom. The number of carbonyl (C=O) groups excluding carboxylic acids is 3. The SMILES string of the molecule is C[C@@H](NC(=O)[C@@H]1C[C@]2(CN)C[C@@H]2N1C(=O)CNC(=O)c1ccc2c(c1)-c1ccccc1C2(F)F)c1cc(C(=N)N)cs1. The fourth-order valence-corrected chi connectivity index (χ4v) is 7.20. The van der Waals surface area contributed by atoms with E-state index in [0.717, 1.165) is 4.88 Å². The van der Waals surface area contributed by atoms with Gasteiger partial charge in [-0.05, 0) is 49.1 Å². The lowest BCUT2D eigenvalue weighted by atomic mass is 9.99. The third-order valence-corrected chi connectivity index (χ3v) is 9.82. The number of hydrogen-bond donors (Lipinski definition) is 5. The van der Waals surface area contributed by atoms with Crippen molar-refractivity contribution in [3.63, 3.8) is 0 Å². The van der Waals surface area contributed by atoms with Gasteiger partial charge in [0.05, 0.1) is 12.6 Å². The van der Waals surface area contributed by atoms with E-state index in [1.807, 2.05) is 6.92 Å². The second kappa shape index (κ2) is 9.99. The summed E-state index contributed by atoms with van der Waals surface area (Å²) in [5.41, 5.74) is 12.4. The van der Waals surface area contributed by atoms with E-state index < -0.39 is 23.8 Å². The van der Waals surface area contributed by atoms with Gasteiger partial charge in [-0.3, -0.25) is 19.8 Å². The first-order valence-corrected chi connectivity index (χ1v) is 14.5. The Hall–Kier alpha value is -4.16. The van der Waals surface area contributed by atoms with Crippen LogP contribution in [0, 0.1) is 10.8 Å². The van der Waals surface area contributed by atoms with Crippen molar-refractivity contribution in [1.29, 1.82) is 5.41 Å². The highest BCUT2D eigenvalue weighted by Gasteiger charge is 2.66. The predicted octanol–water partition coefficient (Wildman–Crippen LogP) is 3.08. The van der Waals surface area contributed by atoms with Crippen molar-refractivity contribution in [3.05, 3.63) is 81.0 Å². The fourth-order valence-electron chi connectivity index (χ4n) is 6.28. The number of amides is 3. The van der Waals surface area contributed by atoms with Crippen LogP contribution in [-0.2, 0) is 15.5 Å². The number of benzene rings is 2. The molecule has 1 aromatic heterocycles. The number of alkyl halides is 2. The Morgan fingerprint density at radius 2 is 1.83 bits per heavy atom. The van der Waals surface area contributed by atoms with E-state index in [0.29, 0.717) is 30.5 Å². The number of nitrogens with two attached hydrogens (primary N) is 2. The molecule has 9 nitrogen and oxygen atoms in total. The van der Waals surface area contributed by atoms with Gasteiger partial charge < -0.3 is 27.0 Å². The molecule has 3 aromatic rings. The van der Waals surface area contributed by atoms with Crippen molar-refractivity contribution >= 4 is 34.9 Å². The zero-order valence-corrected chi connectivity index (χ0v) is 23.6. The van der Waals surface area contributed by atoms with Crippen molar-refractivity contribution in [2.75, 3.05) is 13.1 Å². The normalized spacial score (nSPS) is 23.4. The van der Waals surface area contributed by atoms with Gasteiger partial charge in [0, 0.05) is 50.5 Å². The Kier molecular flexibility index (Phi) is 6.65. The van der Waals surface area contributed by atoms with Crippen LogP contribution >= 0.6 is 11.3 Å². The molecule has 42 heavy (non-hydrogen) atoms. The lowest BCUT2D eigenvalue weighted by Crippen LogP contribution is -2.51. The average molecular weight is 593 g/mol. The van der Waals surface area contributed by atoms with Gasteiger partial charge in [-0.15, -0.1) is 11.3 Å². The molecular weight excluding hydrogens is 562 g/mol. The van der Waals surface area contributed by atoms with Gasteiger partial charge in [-0.25, -0.2) is 0 Å². The quantitative estimate of drug-likeness (QED) is 0.201. The van der Waals surface area contributed by atoms with E-state index in [4.69, 9.17) is 16.9 Å². The van der Waals surface area contributed by atoms with Crippen molar-refractivity contribution < 1.29 is 23.2 Å². The summed E-state index contributed by atoms with van der Waals surface area (Å²) in [7, 11) is 0. The molecule has 0 radical (unpaired) electrons. The van der Waals surface area contributed by atoms with Gasteiger partial charge in [0.2, 0.25) is 11.8 Å². The molecular formula is C30H30F2N6O3S. The maximum Gasteiger partial charge on any atom is 0.299 e. The summed E-state index contributed by atoms with van der Waals surface area (Å²) in [4.78, 5) is 42.2. The summed E-state index contributed by atoms with van der Waals surface area (Å²) in [5.74, 6) is -4.52. The minimum atomic E-state index is -3.15. The number of thiophene rings is 1. The number of nitrogens with one attached hydrogen (secondary N) is 3. The Morgan fingerprint density at radius 1 is 1.10 bits per heavy atom. The number of fused-ring (bicyclic) bond motifs is 4. The van der Waals surface area contributed by atoms with Crippen LogP contribution in [0.25, 0.3) is 11.1 Å². The highest BCUT2D eigenvalue weighted by Crippen LogP contribution is 2.59. The van der Waals surface area contributed by atoms with Gasteiger partial charge in [0.15, 0.2) is 0 Å². The third kappa shape index (κ3) is 4.45. The number of piperidine rings is 1. The van der Waals surface area contributed by atoms with Crippen LogP contribution in [0.15, 0.2) is 53.9 Å². The molecule has 3 aliphatic rings. The summed E-state index contributed by atoms with van der Waals surface area (Å²) in [6.45, 7) is 1.80. The number of nitrogens with zero attached hydrogens (tertiary/aromatic N) is 1. The van der Waals surface area contributed by atoms with Crippen molar-refractivity contribution in [2.45, 2.75) is 43.8 Å². The van der Waals surface area contributed by atoms with Crippen LogP contribution in [0.2, 0.25) is 0 Å². The third-order valence-electron chi connectivity index (χ3n) is 8.71. The van der Waals surface area contributed by atoms with Crippen LogP contribution in [0.4, 0.5) is 8.78 Å². The second-order valence-electron chi connectivity index (χ2n) is 11.3. The molecule has 218 valence electrons. The molecule has 0 spiro atoms. The predicted molar refractivity (Wildman–Crippen MR) is 154 cm³/mol. The summed E-state index contributed by atoms with van der Waals surface area (Å²) < 4.78 is 29.8. The molecule has 1 aliphatic heterocycles. The number of halogens is 2. The maximum absolute atomic E-state index is 14.9. The fraction of sp³-hybridized carbons (Fsp3) is 0.333. The topological polar surface area (TPSA) is 154 Å². The van der Waals surface area contributed by atoms with Gasteiger partial charge in [-0.1, -0.05) is 30.3 Å². The molecule has 0 unspecified atom stereocenters. The van der Waals surface area contributed by atoms with E-state index in [2.05, 4.69) is 10.6 Å². The van der Waals surface area contributed by atoms with Crippen molar-refractivity contribution in [1.82, 2.24) is 15.5 Å². The molecule has 4 atom stereocenters. The lowest BCUT2D eigenvalue weighted by Gasteiger charge is -2.28. The second-order valence-corrected chi connectivity index (χ2v) is 12.2. The van der Waals surface area contributed by atoms with Crippen LogP contribution in [0.3, 0.4) is 0 Å². The van der Waals surface area contributed by atoms with Crippen molar-refractivity contribution in [3.8, 4) is 11.1 Å². The van der Waals surface area contributed by atoms with Gasteiger partial charge in [0.25, 0.3) is 11.8 Å². The van der Waals surface area contributed by atoms with Gasteiger partial charge >= 0.3 is 0 Å². The Bertz CT molecular complexity index is 1640. The largest absolute Gasteiger partial charge is 0.384 e. The number of nitrogen functional groups attached to an aromatic ring is 1. The zero-order chi connectivity index (χ0) is 30.0. The zero-order valence-electron chi connectivity index (χ0n) is 22.7. The van der Waals surface area contributed by atoms with E-state index >= 15 is 0 Å². The summed E-state index contributed by atoms with van der Waals surface area (Å²) in [6, 6.07) is 10.6. The highest BCUT2D eigenvalue weighted by molar-refractivity contribution is 7.10. The maximum atomic E-state index is 14.9. The monoisotopic (exact) mass is 592 g/mol. The summed E-state index contributed by atoms with van der Waals surface area (Å²) >= 11 is 1.38. The molecule has 1 saturated heterocycles. The Balaban J connectivity index is 1.14. The molecule has 1 saturated carbocycles. The van der Waals surface area contributed by atoms with Crippen molar-refractivity contribution in [2.24, 2.45) is 16.9 Å². The minimum absolute atomic E-state index is 0.0572. The van der Waals surface area contributed by atoms with Crippen LogP contribution in [0.1, 0.15) is 57.7 Å². The molecule has 2 aromatic carbocycles. The van der Waals surface area contributed by atoms with E-state index in [1.165, 1.54) is 40.5 Å². The first-order valence-electron chi connectivity index (χ1n) is 13.6. The number of likely N-dealkylation sites (tertiary alicyclic amines) is 1. The lowest BCUT2D eigenvalue weighted by molar-refractivity contribution is -0.139. The Labute approximate surface area is 244 Å². The molecule has 3 amide bonds. The van der Waals surface area contributed by atoms with Gasteiger partial charge in [0.1, 0.15) is 11.9 Å². The van der Waals surface area contributed by atoms with E-state index in [-0.39, 0.29) is 58.0 Å². The summed E-state index contributed by atoms with van der Waals surface area (Å²) in [6.07, 6.45) is 1.11. The number of amidine groups is 1. The van der Waals surface area contributed by atoms with Crippen LogP contribution in [-0.4, -0.2) is 53.6 Å². The number of rotatable bonds is 8. The molecule has 6 rings (SSSR count). The smallest absolute Gasteiger partial charge is 0.299 e. The molecule has 2 heterocycles. The van der Waals surface area contributed by atoms with E-state index in [1.54, 1.807) is 29.6 Å². The first-order chi connectivity index (χ1) is 20.0. The molecule has 0 bridgehead atoms. The minimum Gasteiger partial charge on any atom is -0.384 e. The molecule has 2 fully saturated rings.